The van der Waals surface area contributed by atoms with E-state index >= 15 is 0 Å². The maximum absolute atomic E-state index is 12.4. The standard InChI is InChI=1S/C30H51NO6S/c1-19-11-13-29(4)22(17-19)18-26(37-21(3)32)28-24-9-8-23(30(24,5)14-12-25(28)29)20(2)7-10-27(33)31-15-16-38(34,35)36-6/h19-20,22-26,28H,7-18H2,1-6H3,(H,31,33)/t19-,20-,22+,23-,24+,25+,26-,28+,29+,30-/m1/s1. The maximum Gasteiger partial charge on any atom is 0.302 e. The zero-order valence-corrected chi connectivity index (χ0v) is 25.3. The summed E-state index contributed by atoms with van der Waals surface area (Å²) in [6.45, 7) is 11.4. The molecule has 4 rings (SSSR count). The van der Waals surface area contributed by atoms with Crippen LogP contribution < -0.4 is 5.32 Å². The number of esters is 1. The molecular weight excluding hydrogens is 502 g/mol. The Kier molecular flexibility index (Phi) is 8.93. The monoisotopic (exact) mass is 553 g/mol. The highest BCUT2D eigenvalue weighted by molar-refractivity contribution is 7.86. The lowest BCUT2D eigenvalue weighted by molar-refractivity contribution is -0.191. The topological polar surface area (TPSA) is 98.8 Å². The van der Waals surface area contributed by atoms with Crippen LogP contribution in [0.5, 0.6) is 0 Å². The fourth-order valence-corrected chi connectivity index (χ4v) is 10.3. The minimum atomic E-state index is -3.56. The highest BCUT2D eigenvalue weighted by Gasteiger charge is 2.63. The number of amides is 1. The fourth-order valence-electron chi connectivity index (χ4n) is 9.77. The van der Waals surface area contributed by atoms with Crippen molar-refractivity contribution in [2.75, 3.05) is 19.4 Å². The number of ether oxygens (including phenoxy) is 1. The Labute approximate surface area is 230 Å². The molecule has 38 heavy (non-hydrogen) atoms. The van der Waals surface area contributed by atoms with Gasteiger partial charge in [-0.05, 0) is 97.7 Å². The van der Waals surface area contributed by atoms with Crippen molar-refractivity contribution in [1.29, 1.82) is 0 Å². The number of nitrogens with one attached hydrogen (secondary N) is 1. The molecule has 0 unspecified atom stereocenters. The number of rotatable bonds is 9. The van der Waals surface area contributed by atoms with E-state index in [1.165, 1.54) is 44.9 Å². The van der Waals surface area contributed by atoms with Gasteiger partial charge in [0.05, 0.1) is 12.9 Å². The molecule has 0 radical (unpaired) electrons. The molecule has 4 aliphatic rings. The molecule has 218 valence electrons. The summed E-state index contributed by atoms with van der Waals surface area (Å²) in [6.07, 6.45) is 10.9. The van der Waals surface area contributed by atoms with Crippen molar-refractivity contribution < 1.29 is 26.9 Å². The highest BCUT2D eigenvalue weighted by Crippen LogP contribution is 2.69. The van der Waals surface area contributed by atoms with Gasteiger partial charge in [-0.2, -0.15) is 8.42 Å². The van der Waals surface area contributed by atoms with Crippen LogP contribution in [-0.2, 0) is 28.6 Å². The summed E-state index contributed by atoms with van der Waals surface area (Å²) in [5.74, 6) is 3.54. The summed E-state index contributed by atoms with van der Waals surface area (Å²) in [5.41, 5.74) is 0.556. The Morgan fingerprint density at radius 3 is 2.39 bits per heavy atom. The van der Waals surface area contributed by atoms with Crippen molar-refractivity contribution in [3.8, 4) is 0 Å². The molecule has 4 fully saturated rings. The first-order chi connectivity index (χ1) is 17.8. The Morgan fingerprint density at radius 2 is 1.71 bits per heavy atom. The van der Waals surface area contributed by atoms with E-state index in [0.29, 0.717) is 47.3 Å². The van der Waals surface area contributed by atoms with Crippen molar-refractivity contribution in [3.63, 3.8) is 0 Å². The summed E-state index contributed by atoms with van der Waals surface area (Å²) in [5, 5.41) is 2.73. The number of hydrogen-bond acceptors (Lipinski definition) is 6. The molecule has 1 amide bonds. The van der Waals surface area contributed by atoms with Crippen LogP contribution in [0.25, 0.3) is 0 Å². The van der Waals surface area contributed by atoms with E-state index in [1.54, 1.807) is 6.92 Å². The normalized spacial score (nSPS) is 41.4. The van der Waals surface area contributed by atoms with Crippen molar-refractivity contribution >= 4 is 22.0 Å². The van der Waals surface area contributed by atoms with Crippen molar-refractivity contribution in [1.82, 2.24) is 5.32 Å². The second-order valence-electron chi connectivity index (χ2n) is 13.8. The van der Waals surface area contributed by atoms with Gasteiger partial charge in [0.2, 0.25) is 5.91 Å². The van der Waals surface area contributed by atoms with Crippen LogP contribution in [-0.4, -0.2) is 45.8 Å². The summed E-state index contributed by atoms with van der Waals surface area (Å²) < 4.78 is 33.6. The Hall–Kier alpha value is -1.15. The smallest absolute Gasteiger partial charge is 0.302 e. The van der Waals surface area contributed by atoms with E-state index < -0.39 is 10.1 Å². The van der Waals surface area contributed by atoms with E-state index in [1.807, 2.05) is 0 Å². The molecule has 0 saturated heterocycles. The van der Waals surface area contributed by atoms with Crippen molar-refractivity contribution in [3.05, 3.63) is 0 Å². The third kappa shape index (κ3) is 5.82. The third-order valence-corrected chi connectivity index (χ3v) is 13.0. The number of carbonyl (C=O) groups excluding carboxylic acids is 2. The minimum absolute atomic E-state index is 0.0358. The van der Waals surface area contributed by atoms with Crippen LogP contribution in [0.15, 0.2) is 0 Å². The van der Waals surface area contributed by atoms with Gasteiger partial charge in [-0.1, -0.05) is 34.1 Å². The van der Waals surface area contributed by atoms with E-state index in [0.717, 1.165) is 25.9 Å². The lowest BCUT2D eigenvalue weighted by Crippen LogP contribution is -2.59. The first-order valence-electron chi connectivity index (χ1n) is 15.0. The Bertz CT molecular complexity index is 983. The Morgan fingerprint density at radius 1 is 1.03 bits per heavy atom. The molecule has 0 bridgehead atoms. The number of hydrogen-bond donors (Lipinski definition) is 1. The number of carbonyl (C=O) groups is 2. The molecule has 8 heteroatoms. The van der Waals surface area contributed by atoms with E-state index in [-0.39, 0.29) is 35.7 Å². The van der Waals surface area contributed by atoms with Gasteiger partial charge in [0.1, 0.15) is 6.10 Å². The SMILES string of the molecule is COS(=O)(=O)CCNC(=O)CC[C@@H](C)[C@H]1CC[C@H]2[C@@H]3[C@H](OC(C)=O)C[C@@H]4C[C@H](C)CC[C@]4(C)[C@H]3CC[C@]12C. The summed E-state index contributed by atoms with van der Waals surface area (Å²) in [4.78, 5) is 24.7. The predicted octanol–water partition coefficient (Wildman–Crippen LogP) is 5.33. The zero-order valence-electron chi connectivity index (χ0n) is 24.5. The fraction of sp³-hybridized carbons (Fsp3) is 0.933. The van der Waals surface area contributed by atoms with Gasteiger partial charge in [0, 0.05) is 25.8 Å². The van der Waals surface area contributed by atoms with Crippen LogP contribution in [0.3, 0.4) is 0 Å². The quantitative estimate of drug-likeness (QED) is 0.306. The molecule has 7 nitrogen and oxygen atoms in total. The molecule has 0 aromatic rings. The summed E-state index contributed by atoms with van der Waals surface area (Å²) >= 11 is 0. The average molecular weight is 554 g/mol. The molecule has 1 N–H and O–H groups in total. The van der Waals surface area contributed by atoms with Crippen molar-refractivity contribution in [2.45, 2.75) is 105 Å². The lowest BCUT2D eigenvalue weighted by atomic mass is 9.43. The minimum Gasteiger partial charge on any atom is -0.462 e. The van der Waals surface area contributed by atoms with Gasteiger partial charge >= 0.3 is 5.97 Å². The van der Waals surface area contributed by atoms with Gasteiger partial charge < -0.3 is 10.1 Å². The van der Waals surface area contributed by atoms with Crippen LogP contribution in [0.1, 0.15) is 98.8 Å². The van der Waals surface area contributed by atoms with Crippen LogP contribution in [0, 0.1) is 52.3 Å². The van der Waals surface area contributed by atoms with Crippen LogP contribution in [0.4, 0.5) is 0 Å². The second-order valence-corrected chi connectivity index (χ2v) is 15.6. The molecule has 4 saturated carbocycles. The van der Waals surface area contributed by atoms with E-state index in [9.17, 15) is 18.0 Å². The van der Waals surface area contributed by atoms with Crippen LogP contribution in [0.2, 0.25) is 0 Å². The molecule has 0 aliphatic heterocycles. The van der Waals surface area contributed by atoms with Crippen molar-refractivity contribution in [2.24, 2.45) is 52.3 Å². The number of fused-ring (bicyclic) bond motifs is 5. The molecular formula is C30H51NO6S. The molecule has 0 aromatic carbocycles. The van der Waals surface area contributed by atoms with Gasteiger partial charge in [-0.15, -0.1) is 0 Å². The first-order valence-corrected chi connectivity index (χ1v) is 16.6. The van der Waals surface area contributed by atoms with Gasteiger partial charge in [-0.25, -0.2) is 0 Å². The molecule has 4 aliphatic carbocycles. The van der Waals surface area contributed by atoms with Gasteiger partial charge in [0.25, 0.3) is 10.1 Å². The first kappa shape index (κ1) is 29.8. The van der Waals surface area contributed by atoms with Gasteiger partial charge in [0.15, 0.2) is 0 Å². The largest absolute Gasteiger partial charge is 0.462 e. The average Bonchev–Trinajstić information content (AvgIpc) is 3.20. The predicted molar refractivity (Wildman–Crippen MR) is 148 cm³/mol. The zero-order chi connectivity index (χ0) is 27.9. The summed E-state index contributed by atoms with van der Waals surface area (Å²) in [7, 11) is -2.43. The second kappa shape index (κ2) is 11.4. The molecule has 10 atom stereocenters. The molecule has 0 spiro atoms. The van der Waals surface area contributed by atoms with Crippen LogP contribution >= 0.6 is 0 Å². The van der Waals surface area contributed by atoms with E-state index in [2.05, 4.69) is 37.2 Å². The molecule has 0 aromatic heterocycles. The third-order valence-electron chi connectivity index (χ3n) is 11.8. The highest BCUT2D eigenvalue weighted by atomic mass is 32.2. The molecule has 0 heterocycles. The summed E-state index contributed by atoms with van der Waals surface area (Å²) in [6, 6.07) is 0. The Balaban J connectivity index is 1.43. The lowest BCUT2D eigenvalue weighted by Gasteiger charge is -2.63. The maximum atomic E-state index is 12.4. The van der Waals surface area contributed by atoms with E-state index in [4.69, 9.17) is 4.74 Å². The van der Waals surface area contributed by atoms with Gasteiger partial charge in [-0.3, -0.25) is 13.8 Å².